The van der Waals surface area contributed by atoms with Crippen LogP contribution in [0.4, 0.5) is 0 Å². The fourth-order valence-electron chi connectivity index (χ4n) is 1.77. The molecule has 0 unspecified atom stereocenters. The molecule has 0 heterocycles. The van der Waals surface area contributed by atoms with Crippen molar-refractivity contribution in [2.75, 3.05) is 19.3 Å². The van der Waals surface area contributed by atoms with Gasteiger partial charge in [0.25, 0.3) is 0 Å². The van der Waals surface area contributed by atoms with Gasteiger partial charge in [-0.3, -0.25) is 0 Å². The molecule has 13 heavy (non-hydrogen) atoms. The summed E-state index contributed by atoms with van der Waals surface area (Å²) >= 11 is 2.11. The zero-order valence-electron chi connectivity index (χ0n) is 8.64. The van der Waals surface area contributed by atoms with Crippen molar-refractivity contribution in [3.05, 3.63) is 12.2 Å². The Morgan fingerprint density at radius 2 is 2.08 bits per heavy atom. The van der Waals surface area contributed by atoms with E-state index in [0.717, 1.165) is 17.5 Å². The van der Waals surface area contributed by atoms with Crippen molar-refractivity contribution in [1.82, 2.24) is 5.32 Å². The topological polar surface area (TPSA) is 12.0 Å². The lowest BCUT2D eigenvalue weighted by Gasteiger charge is -2.21. The zero-order valence-corrected chi connectivity index (χ0v) is 9.46. The van der Waals surface area contributed by atoms with E-state index >= 15 is 0 Å². The second-order valence-electron chi connectivity index (χ2n) is 3.85. The molecular weight excluding hydrogens is 178 g/mol. The third kappa shape index (κ3) is 4.72. The van der Waals surface area contributed by atoms with Gasteiger partial charge in [0, 0.05) is 17.5 Å². The summed E-state index contributed by atoms with van der Waals surface area (Å²) in [5.74, 6) is 1.14. The molecule has 0 aromatic rings. The van der Waals surface area contributed by atoms with Crippen LogP contribution in [-0.2, 0) is 0 Å². The van der Waals surface area contributed by atoms with Crippen LogP contribution < -0.4 is 5.32 Å². The van der Waals surface area contributed by atoms with E-state index in [-0.39, 0.29) is 0 Å². The van der Waals surface area contributed by atoms with Gasteiger partial charge in [-0.15, -0.1) is 0 Å². The average Bonchev–Trinajstić information content (AvgIpc) is 2.17. The highest BCUT2D eigenvalue weighted by Gasteiger charge is 2.13. The van der Waals surface area contributed by atoms with Crippen molar-refractivity contribution < 1.29 is 0 Å². The van der Waals surface area contributed by atoms with Gasteiger partial charge in [-0.05, 0) is 19.9 Å². The molecule has 1 aliphatic carbocycles. The normalized spacial score (nSPS) is 18.8. The molecule has 0 bridgehead atoms. The molecule has 0 radical (unpaired) electrons. The van der Waals surface area contributed by atoms with Gasteiger partial charge in [-0.25, -0.2) is 0 Å². The average molecular weight is 199 g/mol. The second-order valence-corrected chi connectivity index (χ2v) is 5.14. The summed E-state index contributed by atoms with van der Waals surface area (Å²) < 4.78 is 0. The van der Waals surface area contributed by atoms with E-state index in [9.17, 15) is 0 Å². The second kappa shape index (κ2) is 6.50. The van der Waals surface area contributed by atoms with E-state index in [4.69, 9.17) is 0 Å². The zero-order chi connectivity index (χ0) is 9.52. The molecule has 0 amide bonds. The summed E-state index contributed by atoms with van der Waals surface area (Å²) in [6.45, 7) is 5.02. The molecular formula is C11H21NS. The Morgan fingerprint density at radius 1 is 1.38 bits per heavy atom. The predicted octanol–water partition coefficient (Wildman–Crippen LogP) is 2.83. The summed E-state index contributed by atoms with van der Waals surface area (Å²) in [5.41, 5.74) is 1.33. The Hall–Kier alpha value is 0.0500. The van der Waals surface area contributed by atoms with Gasteiger partial charge in [-0.1, -0.05) is 31.4 Å². The van der Waals surface area contributed by atoms with E-state index < -0.39 is 0 Å². The lowest BCUT2D eigenvalue weighted by Crippen LogP contribution is -2.14. The molecule has 0 spiro atoms. The third-order valence-corrected chi connectivity index (χ3v) is 4.02. The molecule has 2 heteroatoms. The number of likely N-dealkylation sites (N-methyl/N-ethyl adjacent to an activating group) is 1. The summed E-state index contributed by atoms with van der Waals surface area (Å²) in [6, 6.07) is 0. The molecule has 1 N–H and O–H groups in total. The maximum Gasteiger partial charge on any atom is 0.0167 e. The van der Waals surface area contributed by atoms with E-state index in [1.165, 1.54) is 37.7 Å². The minimum Gasteiger partial charge on any atom is -0.316 e. The number of rotatable bonds is 5. The number of thioether (sulfide) groups is 1. The van der Waals surface area contributed by atoms with Crippen molar-refractivity contribution >= 4 is 11.8 Å². The summed E-state index contributed by atoms with van der Waals surface area (Å²) in [7, 11) is 1.98. The molecule has 0 aromatic carbocycles. The molecule has 1 saturated carbocycles. The van der Waals surface area contributed by atoms with E-state index in [1.54, 1.807) is 0 Å². The third-order valence-electron chi connectivity index (χ3n) is 2.50. The number of hydrogen-bond acceptors (Lipinski definition) is 2. The van der Waals surface area contributed by atoms with Crippen molar-refractivity contribution in [3.8, 4) is 0 Å². The summed E-state index contributed by atoms with van der Waals surface area (Å²) in [5, 5.41) is 4.06. The molecule has 0 atom stereocenters. The lowest BCUT2D eigenvalue weighted by atomic mass is 10.0. The lowest BCUT2D eigenvalue weighted by molar-refractivity contribution is 0.516. The van der Waals surface area contributed by atoms with Gasteiger partial charge >= 0.3 is 0 Å². The Labute approximate surface area is 86.4 Å². The van der Waals surface area contributed by atoms with Gasteiger partial charge in [0.15, 0.2) is 0 Å². The van der Waals surface area contributed by atoms with Crippen LogP contribution in [0.5, 0.6) is 0 Å². The van der Waals surface area contributed by atoms with Crippen molar-refractivity contribution in [1.29, 1.82) is 0 Å². The van der Waals surface area contributed by atoms with Gasteiger partial charge in [0.05, 0.1) is 0 Å². The Kier molecular flexibility index (Phi) is 5.56. The SMILES string of the molecule is C=C(CNC)CSC1CCCCC1. The molecule has 76 valence electrons. The molecule has 0 aromatic heterocycles. The van der Waals surface area contributed by atoms with E-state index in [1.807, 2.05) is 7.05 Å². The predicted molar refractivity (Wildman–Crippen MR) is 62.4 cm³/mol. The molecule has 0 saturated heterocycles. The van der Waals surface area contributed by atoms with Gasteiger partial charge in [0.1, 0.15) is 0 Å². The first kappa shape index (κ1) is 11.1. The van der Waals surface area contributed by atoms with Crippen LogP contribution in [-0.4, -0.2) is 24.6 Å². The first-order valence-corrected chi connectivity index (χ1v) is 6.30. The standard InChI is InChI=1S/C11H21NS/c1-10(8-12-2)9-13-11-6-4-3-5-7-11/h11-12H,1,3-9H2,2H3. The minimum atomic E-state index is 0.919. The van der Waals surface area contributed by atoms with Gasteiger partial charge < -0.3 is 5.32 Å². The smallest absolute Gasteiger partial charge is 0.0167 e. The molecule has 1 rings (SSSR count). The van der Waals surface area contributed by atoms with Crippen molar-refractivity contribution in [3.63, 3.8) is 0 Å². The number of nitrogens with one attached hydrogen (secondary N) is 1. The minimum absolute atomic E-state index is 0.919. The van der Waals surface area contributed by atoms with Crippen LogP contribution in [0.3, 0.4) is 0 Å². The fraction of sp³-hybridized carbons (Fsp3) is 0.818. The Balaban J connectivity index is 2.06. The first-order chi connectivity index (χ1) is 6.33. The van der Waals surface area contributed by atoms with Crippen LogP contribution in [0.1, 0.15) is 32.1 Å². The maximum absolute atomic E-state index is 4.05. The van der Waals surface area contributed by atoms with Crippen LogP contribution in [0.2, 0.25) is 0 Å². The molecule has 1 nitrogen and oxygen atoms in total. The molecule has 1 aliphatic rings. The summed E-state index contributed by atoms with van der Waals surface area (Å²) in [6.07, 6.45) is 7.19. The number of hydrogen-bond donors (Lipinski definition) is 1. The van der Waals surface area contributed by atoms with E-state index in [0.29, 0.717) is 0 Å². The highest BCUT2D eigenvalue weighted by atomic mass is 32.2. The maximum atomic E-state index is 4.05. The Bertz CT molecular complexity index is 150. The van der Waals surface area contributed by atoms with Crippen LogP contribution in [0, 0.1) is 0 Å². The van der Waals surface area contributed by atoms with Gasteiger partial charge in [0.2, 0.25) is 0 Å². The molecule has 0 aliphatic heterocycles. The Morgan fingerprint density at radius 3 is 2.69 bits per heavy atom. The summed E-state index contributed by atoms with van der Waals surface area (Å²) in [4.78, 5) is 0. The van der Waals surface area contributed by atoms with Gasteiger partial charge in [-0.2, -0.15) is 11.8 Å². The largest absolute Gasteiger partial charge is 0.316 e. The van der Waals surface area contributed by atoms with Crippen molar-refractivity contribution in [2.24, 2.45) is 0 Å². The van der Waals surface area contributed by atoms with Crippen molar-refractivity contribution in [2.45, 2.75) is 37.4 Å². The van der Waals surface area contributed by atoms with Crippen LogP contribution in [0.15, 0.2) is 12.2 Å². The first-order valence-electron chi connectivity index (χ1n) is 5.26. The monoisotopic (exact) mass is 199 g/mol. The van der Waals surface area contributed by atoms with E-state index in [2.05, 4.69) is 23.7 Å². The molecule has 1 fully saturated rings. The van der Waals surface area contributed by atoms with Crippen LogP contribution in [0.25, 0.3) is 0 Å². The quantitative estimate of drug-likeness (QED) is 0.683. The highest BCUT2D eigenvalue weighted by Crippen LogP contribution is 2.28. The van der Waals surface area contributed by atoms with Crippen LogP contribution >= 0.6 is 11.8 Å². The highest BCUT2D eigenvalue weighted by molar-refractivity contribution is 8.00. The fourth-order valence-corrected chi connectivity index (χ4v) is 3.01.